The van der Waals surface area contributed by atoms with Crippen molar-refractivity contribution in [2.75, 3.05) is 5.73 Å². The number of hydrogen-bond acceptors (Lipinski definition) is 6. The summed E-state index contributed by atoms with van der Waals surface area (Å²) in [5.74, 6) is 0.219. The van der Waals surface area contributed by atoms with Gasteiger partial charge in [-0.05, 0) is 47.9 Å². The molecule has 0 saturated carbocycles. The second-order valence-electron chi connectivity index (χ2n) is 7.71. The van der Waals surface area contributed by atoms with E-state index in [2.05, 4.69) is 21.1 Å². The van der Waals surface area contributed by atoms with Crippen LogP contribution in [0.4, 0.5) is 10.2 Å². The Bertz CT molecular complexity index is 1400. The maximum absolute atomic E-state index is 14.2. The predicted molar refractivity (Wildman–Crippen MR) is 117 cm³/mol. The van der Waals surface area contributed by atoms with Crippen LogP contribution in [0.25, 0.3) is 22.3 Å². The van der Waals surface area contributed by atoms with Crippen LogP contribution in [0, 0.1) is 17.1 Å². The van der Waals surface area contributed by atoms with Crippen LogP contribution in [0.2, 0.25) is 0 Å². The standard InChI is InChI=1S/C24H19FN6O/c1-13-19-9-16(25)3-4-18(19)17-5-6-28-11-14(17)7-20-23(21(10-26)31(2)30-20)15-8-22(32-13)24(27)29-12-15/h3-6,8-9,11-13H,7H2,1-2H3,(H2,27,29). The van der Waals surface area contributed by atoms with Gasteiger partial charge in [-0.15, -0.1) is 0 Å². The van der Waals surface area contributed by atoms with Gasteiger partial charge in [0.25, 0.3) is 0 Å². The molecule has 158 valence electrons. The van der Waals surface area contributed by atoms with Crippen LogP contribution in [-0.4, -0.2) is 19.7 Å². The molecule has 7 nitrogen and oxygen atoms in total. The molecule has 0 fully saturated rings. The summed E-state index contributed by atoms with van der Waals surface area (Å²) in [7, 11) is 1.73. The Morgan fingerprint density at radius 2 is 2.06 bits per heavy atom. The molecule has 2 bridgehead atoms. The molecule has 1 aromatic carbocycles. The molecule has 1 aliphatic heterocycles. The molecule has 8 heteroatoms. The summed E-state index contributed by atoms with van der Waals surface area (Å²) >= 11 is 0. The lowest BCUT2D eigenvalue weighted by Crippen LogP contribution is -2.09. The zero-order chi connectivity index (χ0) is 22.4. The molecule has 0 spiro atoms. The van der Waals surface area contributed by atoms with E-state index in [0.29, 0.717) is 40.2 Å². The lowest BCUT2D eigenvalue weighted by molar-refractivity contribution is 0.228. The summed E-state index contributed by atoms with van der Waals surface area (Å²) in [6.45, 7) is 1.84. The van der Waals surface area contributed by atoms with Gasteiger partial charge in [0.15, 0.2) is 11.6 Å². The molecule has 0 saturated heterocycles. The van der Waals surface area contributed by atoms with E-state index < -0.39 is 6.10 Å². The molecule has 3 aromatic heterocycles. The molecule has 1 atom stereocenters. The number of anilines is 1. The molecule has 4 heterocycles. The predicted octanol–water partition coefficient (Wildman–Crippen LogP) is 4.18. The molecule has 2 N–H and O–H groups in total. The van der Waals surface area contributed by atoms with Crippen molar-refractivity contribution in [1.82, 2.24) is 19.7 Å². The van der Waals surface area contributed by atoms with E-state index in [-0.39, 0.29) is 11.6 Å². The molecule has 5 rings (SSSR count). The maximum Gasteiger partial charge on any atom is 0.166 e. The van der Waals surface area contributed by atoms with Crippen molar-refractivity contribution in [1.29, 1.82) is 5.26 Å². The zero-order valence-electron chi connectivity index (χ0n) is 17.5. The Kier molecular flexibility index (Phi) is 4.59. The van der Waals surface area contributed by atoms with Crippen LogP contribution in [0.15, 0.2) is 48.9 Å². The topological polar surface area (TPSA) is 103 Å². The zero-order valence-corrected chi connectivity index (χ0v) is 17.5. The van der Waals surface area contributed by atoms with Crippen molar-refractivity contribution < 1.29 is 9.13 Å². The van der Waals surface area contributed by atoms with Gasteiger partial charge in [0.2, 0.25) is 0 Å². The molecule has 0 amide bonds. The van der Waals surface area contributed by atoms with Gasteiger partial charge in [0.1, 0.15) is 23.7 Å². The van der Waals surface area contributed by atoms with E-state index >= 15 is 0 Å². The normalized spacial score (nSPS) is 14.6. The van der Waals surface area contributed by atoms with Gasteiger partial charge in [-0.2, -0.15) is 10.4 Å². The van der Waals surface area contributed by atoms with E-state index in [4.69, 9.17) is 10.5 Å². The molecular weight excluding hydrogens is 407 g/mol. The van der Waals surface area contributed by atoms with Crippen molar-refractivity contribution in [2.45, 2.75) is 19.4 Å². The number of halogens is 1. The highest BCUT2D eigenvalue weighted by atomic mass is 19.1. The van der Waals surface area contributed by atoms with Gasteiger partial charge in [-0.25, -0.2) is 9.37 Å². The first kappa shape index (κ1) is 19.7. The SMILES string of the molecule is CC1Oc2cc(cnc2N)-c2c(nn(C)c2C#N)Cc2cnccc2-c2ccc(F)cc21. The van der Waals surface area contributed by atoms with Gasteiger partial charge in [0.05, 0.1) is 5.69 Å². The Hall–Kier alpha value is -4.25. The molecule has 0 radical (unpaired) electrons. The molecule has 4 aromatic rings. The molecule has 1 unspecified atom stereocenters. The average molecular weight is 426 g/mol. The Morgan fingerprint density at radius 1 is 1.22 bits per heavy atom. The second-order valence-corrected chi connectivity index (χ2v) is 7.71. The first-order chi connectivity index (χ1) is 15.5. The van der Waals surface area contributed by atoms with Crippen LogP contribution in [-0.2, 0) is 13.5 Å². The Morgan fingerprint density at radius 3 is 2.88 bits per heavy atom. The van der Waals surface area contributed by atoms with Crippen LogP contribution in [0.1, 0.15) is 35.5 Å². The number of benzene rings is 1. The first-order valence-corrected chi connectivity index (χ1v) is 10.1. The number of pyridine rings is 2. The molecule has 1 aliphatic rings. The Labute approximate surface area is 183 Å². The van der Waals surface area contributed by atoms with Crippen LogP contribution in [0.5, 0.6) is 5.75 Å². The largest absolute Gasteiger partial charge is 0.482 e. The lowest BCUT2D eigenvalue weighted by atomic mass is 9.91. The lowest BCUT2D eigenvalue weighted by Gasteiger charge is -2.22. The van der Waals surface area contributed by atoms with E-state index in [1.165, 1.54) is 12.1 Å². The third-order valence-electron chi connectivity index (χ3n) is 5.70. The minimum absolute atomic E-state index is 0.212. The van der Waals surface area contributed by atoms with Crippen LogP contribution >= 0.6 is 0 Å². The number of nitrogens with two attached hydrogens (primary N) is 1. The van der Waals surface area contributed by atoms with E-state index in [1.54, 1.807) is 42.5 Å². The third kappa shape index (κ3) is 3.15. The van der Waals surface area contributed by atoms with Gasteiger partial charge in [0, 0.05) is 48.7 Å². The number of nitriles is 1. The Balaban J connectivity index is 1.84. The summed E-state index contributed by atoms with van der Waals surface area (Å²) in [6.07, 6.45) is 5.01. The minimum Gasteiger partial charge on any atom is -0.482 e. The highest BCUT2D eigenvalue weighted by molar-refractivity contribution is 5.76. The van der Waals surface area contributed by atoms with Gasteiger partial charge in [-0.1, -0.05) is 6.07 Å². The second kappa shape index (κ2) is 7.46. The van der Waals surface area contributed by atoms with Crippen molar-refractivity contribution in [2.24, 2.45) is 7.05 Å². The van der Waals surface area contributed by atoms with Crippen molar-refractivity contribution in [3.63, 3.8) is 0 Å². The molecule has 32 heavy (non-hydrogen) atoms. The van der Waals surface area contributed by atoms with Crippen LogP contribution < -0.4 is 10.5 Å². The fraction of sp³-hybridized carbons (Fsp3) is 0.167. The molecule has 0 aliphatic carbocycles. The third-order valence-corrected chi connectivity index (χ3v) is 5.70. The summed E-state index contributed by atoms with van der Waals surface area (Å²) in [4.78, 5) is 8.59. The van der Waals surface area contributed by atoms with Crippen molar-refractivity contribution >= 4 is 5.82 Å². The summed E-state index contributed by atoms with van der Waals surface area (Å²) in [5.41, 5.74) is 11.9. The fourth-order valence-corrected chi connectivity index (χ4v) is 4.20. The van der Waals surface area contributed by atoms with Crippen LogP contribution in [0.3, 0.4) is 0 Å². The first-order valence-electron chi connectivity index (χ1n) is 10.1. The number of fused-ring (bicyclic) bond motifs is 7. The van der Waals surface area contributed by atoms with Gasteiger partial charge >= 0.3 is 0 Å². The van der Waals surface area contributed by atoms with Crippen molar-refractivity contribution in [3.05, 3.63) is 77.3 Å². The number of aromatic nitrogens is 4. The number of aryl methyl sites for hydroxylation is 1. The quantitative estimate of drug-likeness (QED) is 0.452. The van der Waals surface area contributed by atoms with E-state index in [9.17, 15) is 9.65 Å². The number of hydrogen-bond donors (Lipinski definition) is 1. The highest BCUT2D eigenvalue weighted by Gasteiger charge is 2.24. The summed E-state index contributed by atoms with van der Waals surface area (Å²) < 4.78 is 22.0. The van der Waals surface area contributed by atoms with E-state index in [1.807, 2.05) is 13.0 Å². The smallest absolute Gasteiger partial charge is 0.166 e. The minimum atomic E-state index is -0.510. The van der Waals surface area contributed by atoms with Gasteiger partial charge in [-0.3, -0.25) is 9.67 Å². The number of nitrogen functional groups attached to an aromatic ring is 1. The summed E-state index contributed by atoms with van der Waals surface area (Å²) in [6, 6.07) is 10.5. The highest BCUT2D eigenvalue weighted by Crippen LogP contribution is 2.39. The average Bonchev–Trinajstić information content (AvgIpc) is 3.09. The van der Waals surface area contributed by atoms with Crippen molar-refractivity contribution in [3.8, 4) is 34.1 Å². The number of rotatable bonds is 0. The summed E-state index contributed by atoms with van der Waals surface area (Å²) in [5, 5.41) is 14.4. The maximum atomic E-state index is 14.2. The monoisotopic (exact) mass is 426 g/mol. The molecular formula is C24H19FN6O. The number of ether oxygens (including phenoxy) is 1. The number of nitrogens with zero attached hydrogens (tertiary/aromatic N) is 5. The fourth-order valence-electron chi connectivity index (χ4n) is 4.20. The van der Waals surface area contributed by atoms with E-state index in [0.717, 1.165) is 16.7 Å². The van der Waals surface area contributed by atoms with Gasteiger partial charge < -0.3 is 10.5 Å².